The smallest absolute Gasteiger partial charge is 0.231 e. The van der Waals surface area contributed by atoms with E-state index in [9.17, 15) is 0 Å². The molecule has 1 atom stereocenters. The van der Waals surface area contributed by atoms with E-state index in [1.807, 2.05) is 6.07 Å². The zero-order valence-electron chi connectivity index (χ0n) is 7.06. The average molecular weight is 181 g/mol. The molecule has 1 heterocycles. The van der Waals surface area contributed by atoms with Crippen LogP contribution in [-0.4, -0.2) is 18.5 Å². The molecule has 0 unspecified atom stereocenters. The van der Waals surface area contributed by atoms with Gasteiger partial charge >= 0.3 is 0 Å². The monoisotopic (exact) mass is 181 g/mol. The summed E-state index contributed by atoms with van der Waals surface area (Å²) in [6.07, 6.45) is 0. The Kier molecular flexibility index (Phi) is 2.08. The van der Waals surface area contributed by atoms with Gasteiger partial charge in [-0.05, 0) is 17.7 Å². The molecule has 1 aliphatic heterocycles. The maximum Gasteiger partial charge on any atom is 0.231 e. The molecule has 4 heteroatoms. The zero-order valence-corrected chi connectivity index (χ0v) is 7.06. The lowest BCUT2D eigenvalue weighted by Crippen LogP contribution is -2.14. The molecule has 1 aromatic rings. The fraction of sp³-hybridized carbons (Fsp3) is 0.333. The van der Waals surface area contributed by atoms with Crippen molar-refractivity contribution in [1.29, 1.82) is 0 Å². The Morgan fingerprint density at radius 1 is 1.38 bits per heavy atom. The SMILES string of the molecule is N[C@@H](CO)c1ccc2c(c1)OCO2. The summed E-state index contributed by atoms with van der Waals surface area (Å²) >= 11 is 0. The van der Waals surface area contributed by atoms with E-state index in [0.29, 0.717) is 5.75 Å². The summed E-state index contributed by atoms with van der Waals surface area (Å²) in [5.41, 5.74) is 6.50. The van der Waals surface area contributed by atoms with Gasteiger partial charge in [0, 0.05) is 0 Å². The van der Waals surface area contributed by atoms with E-state index in [4.69, 9.17) is 20.3 Å². The molecule has 0 aliphatic carbocycles. The summed E-state index contributed by atoms with van der Waals surface area (Å²) in [4.78, 5) is 0. The molecule has 1 aliphatic rings. The normalized spacial score (nSPS) is 15.8. The fourth-order valence-corrected chi connectivity index (χ4v) is 1.25. The second-order valence-corrected chi connectivity index (χ2v) is 2.90. The quantitative estimate of drug-likeness (QED) is 0.693. The number of hydrogen-bond acceptors (Lipinski definition) is 4. The Balaban J connectivity index is 2.30. The third-order valence-corrected chi connectivity index (χ3v) is 2.02. The molecule has 0 spiro atoms. The number of nitrogens with two attached hydrogens (primary N) is 1. The van der Waals surface area contributed by atoms with Gasteiger partial charge in [-0.15, -0.1) is 0 Å². The van der Waals surface area contributed by atoms with Crippen molar-refractivity contribution in [2.24, 2.45) is 5.73 Å². The first-order valence-corrected chi connectivity index (χ1v) is 4.07. The Morgan fingerprint density at radius 3 is 2.92 bits per heavy atom. The van der Waals surface area contributed by atoms with Crippen LogP contribution in [0.4, 0.5) is 0 Å². The van der Waals surface area contributed by atoms with Crippen LogP contribution in [0.5, 0.6) is 11.5 Å². The van der Waals surface area contributed by atoms with Crippen molar-refractivity contribution >= 4 is 0 Å². The lowest BCUT2D eigenvalue weighted by Gasteiger charge is -2.08. The van der Waals surface area contributed by atoms with Gasteiger partial charge in [-0.25, -0.2) is 0 Å². The van der Waals surface area contributed by atoms with E-state index in [1.54, 1.807) is 12.1 Å². The van der Waals surface area contributed by atoms with Crippen LogP contribution in [0.15, 0.2) is 18.2 Å². The van der Waals surface area contributed by atoms with Crippen LogP contribution in [0.3, 0.4) is 0 Å². The topological polar surface area (TPSA) is 64.7 Å². The predicted molar refractivity (Wildman–Crippen MR) is 46.6 cm³/mol. The van der Waals surface area contributed by atoms with Crippen LogP contribution < -0.4 is 15.2 Å². The summed E-state index contributed by atoms with van der Waals surface area (Å²) in [5, 5.41) is 8.84. The maximum absolute atomic E-state index is 8.84. The van der Waals surface area contributed by atoms with Gasteiger partial charge in [-0.1, -0.05) is 6.07 Å². The van der Waals surface area contributed by atoms with E-state index in [-0.39, 0.29) is 19.4 Å². The van der Waals surface area contributed by atoms with Crippen molar-refractivity contribution < 1.29 is 14.6 Å². The van der Waals surface area contributed by atoms with Crippen molar-refractivity contribution in [3.8, 4) is 11.5 Å². The summed E-state index contributed by atoms with van der Waals surface area (Å²) in [5.74, 6) is 1.43. The number of rotatable bonds is 2. The van der Waals surface area contributed by atoms with Gasteiger partial charge in [0.15, 0.2) is 11.5 Å². The highest BCUT2D eigenvalue weighted by molar-refractivity contribution is 5.45. The van der Waals surface area contributed by atoms with Crippen molar-refractivity contribution in [2.45, 2.75) is 6.04 Å². The number of fused-ring (bicyclic) bond motifs is 1. The van der Waals surface area contributed by atoms with Gasteiger partial charge in [0.25, 0.3) is 0 Å². The van der Waals surface area contributed by atoms with E-state index in [1.165, 1.54) is 0 Å². The summed E-state index contributed by atoms with van der Waals surface area (Å²) in [6, 6.07) is 5.07. The number of ether oxygens (including phenoxy) is 2. The van der Waals surface area contributed by atoms with Crippen molar-refractivity contribution in [2.75, 3.05) is 13.4 Å². The van der Waals surface area contributed by atoms with Gasteiger partial charge < -0.3 is 20.3 Å². The standard InChI is InChI=1S/C9H11NO3/c10-7(4-11)6-1-2-8-9(3-6)13-5-12-8/h1-3,7,11H,4-5,10H2/t7-/m0/s1. The molecule has 13 heavy (non-hydrogen) atoms. The number of aliphatic hydroxyl groups is 1. The first-order valence-electron chi connectivity index (χ1n) is 4.07. The predicted octanol–water partition coefficient (Wildman–Crippen LogP) is 0.407. The molecule has 0 amide bonds. The Morgan fingerprint density at radius 2 is 2.15 bits per heavy atom. The first kappa shape index (κ1) is 8.34. The van der Waals surface area contributed by atoms with Gasteiger partial charge in [0.1, 0.15) is 0 Å². The van der Waals surface area contributed by atoms with Crippen LogP contribution in [-0.2, 0) is 0 Å². The molecular weight excluding hydrogens is 170 g/mol. The molecule has 1 aromatic carbocycles. The van der Waals surface area contributed by atoms with Crippen molar-refractivity contribution in [1.82, 2.24) is 0 Å². The summed E-state index contributed by atoms with van der Waals surface area (Å²) in [6.45, 7) is 0.187. The van der Waals surface area contributed by atoms with Gasteiger partial charge in [0.2, 0.25) is 6.79 Å². The molecule has 0 saturated carbocycles. The molecule has 0 bridgehead atoms. The summed E-state index contributed by atoms with van der Waals surface area (Å²) < 4.78 is 10.3. The lowest BCUT2D eigenvalue weighted by molar-refractivity contribution is 0.174. The van der Waals surface area contributed by atoms with Crippen molar-refractivity contribution in [3.63, 3.8) is 0 Å². The second-order valence-electron chi connectivity index (χ2n) is 2.90. The van der Waals surface area contributed by atoms with E-state index in [0.717, 1.165) is 11.3 Å². The summed E-state index contributed by atoms with van der Waals surface area (Å²) in [7, 11) is 0. The molecule has 2 rings (SSSR count). The zero-order chi connectivity index (χ0) is 9.26. The Labute approximate surface area is 75.9 Å². The molecule has 3 N–H and O–H groups in total. The highest BCUT2D eigenvalue weighted by Crippen LogP contribution is 2.33. The third-order valence-electron chi connectivity index (χ3n) is 2.02. The van der Waals surface area contributed by atoms with E-state index >= 15 is 0 Å². The van der Waals surface area contributed by atoms with E-state index in [2.05, 4.69) is 0 Å². The Hall–Kier alpha value is -1.26. The van der Waals surface area contributed by atoms with Crippen LogP contribution >= 0.6 is 0 Å². The molecule has 70 valence electrons. The molecule has 0 fully saturated rings. The third kappa shape index (κ3) is 1.46. The highest BCUT2D eigenvalue weighted by Gasteiger charge is 2.15. The second kappa shape index (κ2) is 3.24. The van der Waals surface area contributed by atoms with Gasteiger partial charge in [0.05, 0.1) is 12.6 Å². The first-order chi connectivity index (χ1) is 6.31. The molecule has 4 nitrogen and oxygen atoms in total. The van der Waals surface area contributed by atoms with Gasteiger partial charge in [-0.3, -0.25) is 0 Å². The average Bonchev–Trinajstić information content (AvgIpc) is 2.63. The van der Waals surface area contributed by atoms with Crippen LogP contribution in [0, 0.1) is 0 Å². The molecule has 0 aromatic heterocycles. The molecule has 0 saturated heterocycles. The van der Waals surface area contributed by atoms with Crippen LogP contribution in [0.1, 0.15) is 11.6 Å². The van der Waals surface area contributed by atoms with Gasteiger partial charge in [-0.2, -0.15) is 0 Å². The molecular formula is C9H11NO3. The lowest BCUT2D eigenvalue weighted by atomic mass is 10.1. The highest BCUT2D eigenvalue weighted by atomic mass is 16.7. The fourth-order valence-electron chi connectivity index (χ4n) is 1.25. The molecule has 0 radical (unpaired) electrons. The number of benzene rings is 1. The number of hydrogen-bond donors (Lipinski definition) is 2. The van der Waals surface area contributed by atoms with Crippen molar-refractivity contribution in [3.05, 3.63) is 23.8 Å². The maximum atomic E-state index is 8.84. The Bertz CT molecular complexity index is 314. The number of aliphatic hydroxyl groups excluding tert-OH is 1. The van der Waals surface area contributed by atoms with Crippen LogP contribution in [0.25, 0.3) is 0 Å². The van der Waals surface area contributed by atoms with E-state index < -0.39 is 0 Å². The minimum absolute atomic E-state index is 0.0698. The minimum Gasteiger partial charge on any atom is -0.454 e. The minimum atomic E-state index is -0.352. The van der Waals surface area contributed by atoms with Crippen LogP contribution in [0.2, 0.25) is 0 Å². The largest absolute Gasteiger partial charge is 0.454 e.